The van der Waals surface area contributed by atoms with E-state index in [0.717, 1.165) is 38.5 Å². The summed E-state index contributed by atoms with van der Waals surface area (Å²) < 4.78 is 0. The number of amides is 2. The summed E-state index contributed by atoms with van der Waals surface area (Å²) in [7, 11) is 0. The van der Waals surface area contributed by atoms with Gasteiger partial charge in [0.2, 0.25) is 11.8 Å². The Labute approximate surface area is 149 Å². The normalized spacial score (nSPS) is 23.2. The molecule has 2 atom stereocenters. The van der Waals surface area contributed by atoms with E-state index in [9.17, 15) is 9.59 Å². The first-order valence-electron chi connectivity index (χ1n) is 9.18. The van der Waals surface area contributed by atoms with Gasteiger partial charge < -0.3 is 0 Å². The minimum Gasteiger partial charge on any atom is -0.273 e. The van der Waals surface area contributed by atoms with E-state index in [1.54, 1.807) is 0 Å². The average molecular weight is 344 g/mol. The van der Waals surface area contributed by atoms with E-state index in [2.05, 4.69) is 45.4 Å². The molecule has 6 nitrogen and oxygen atoms in total. The lowest BCUT2D eigenvalue weighted by Gasteiger charge is -2.11. The number of hydrogen-bond acceptors (Lipinski definition) is 4. The molecule has 0 unspecified atom stereocenters. The number of carbonyl (C=O) groups excluding carboxylic acids is 2. The second-order valence-corrected chi connectivity index (χ2v) is 6.57. The molecule has 0 spiro atoms. The summed E-state index contributed by atoms with van der Waals surface area (Å²) in [6.07, 6.45) is 19.6. The summed E-state index contributed by atoms with van der Waals surface area (Å²) in [4.78, 5) is 23.4. The Morgan fingerprint density at radius 3 is 1.72 bits per heavy atom. The van der Waals surface area contributed by atoms with E-state index in [1.165, 1.54) is 0 Å². The Morgan fingerprint density at radius 1 is 0.840 bits per heavy atom. The Hall–Kier alpha value is -2.24. The third kappa shape index (κ3) is 8.42. The minimum atomic E-state index is -0.159. The van der Waals surface area contributed by atoms with Crippen LogP contribution in [0, 0.1) is 11.8 Å². The van der Waals surface area contributed by atoms with Gasteiger partial charge in [0.25, 0.3) is 0 Å². The van der Waals surface area contributed by atoms with E-state index >= 15 is 0 Å². The molecule has 0 aromatic heterocycles. The van der Waals surface area contributed by atoms with Crippen molar-refractivity contribution in [3.63, 3.8) is 0 Å². The van der Waals surface area contributed by atoms with E-state index < -0.39 is 0 Å². The summed E-state index contributed by atoms with van der Waals surface area (Å²) in [5.74, 6) is 0.503. The first kappa shape index (κ1) is 19.1. The van der Waals surface area contributed by atoms with Gasteiger partial charge >= 0.3 is 0 Å². The SMILES string of the molecule is O=C(CCCC(=O)N/N=C/[C@H]1CC=CCC1)N/N=C\[C@@H]1CC=CCC1. The van der Waals surface area contributed by atoms with Crippen molar-refractivity contribution < 1.29 is 9.59 Å². The molecule has 0 radical (unpaired) electrons. The molecule has 0 aromatic rings. The molecular weight excluding hydrogens is 316 g/mol. The minimum absolute atomic E-state index is 0.159. The van der Waals surface area contributed by atoms with Crippen molar-refractivity contribution in [3.8, 4) is 0 Å². The molecule has 0 fully saturated rings. The number of rotatable bonds is 8. The Morgan fingerprint density at radius 2 is 1.32 bits per heavy atom. The van der Waals surface area contributed by atoms with Crippen LogP contribution < -0.4 is 10.9 Å². The molecule has 0 saturated heterocycles. The maximum Gasteiger partial charge on any atom is 0.240 e. The van der Waals surface area contributed by atoms with Crippen LogP contribution in [0.4, 0.5) is 0 Å². The molecule has 136 valence electrons. The van der Waals surface area contributed by atoms with Gasteiger partial charge in [0.05, 0.1) is 0 Å². The lowest BCUT2D eigenvalue weighted by molar-refractivity contribution is -0.122. The molecule has 6 heteroatoms. The zero-order chi connectivity index (χ0) is 17.7. The van der Waals surface area contributed by atoms with Gasteiger partial charge in [-0.15, -0.1) is 0 Å². The van der Waals surface area contributed by atoms with Gasteiger partial charge in [0, 0.05) is 25.3 Å². The van der Waals surface area contributed by atoms with Crippen LogP contribution in [0.25, 0.3) is 0 Å². The van der Waals surface area contributed by atoms with Crippen molar-refractivity contribution in [1.82, 2.24) is 10.9 Å². The van der Waals surface area contributed by atoms with Crippen molar-refractivity contribution in [1.29, 1.82) is 0 Å². The highest BCUT2D eigenvalue weighted by Gasteiger charge is 2.08. The maximum atomic E-state index is 11.7. The fraction of sp³-hybridized carbons (Fsp3) is 0.579. The second-order valence-electron chi connectivity index (χ2n) is 6.57. The Bertz CT molecular complexity index is 504. The number of hydrazone groups is 2. The standard InChI is InChI=1S/C19H28N4O2/c24-18(22-20-14-16-8-3-1-4-9-16)12-7-13-19(25)23-21-15-17-10-5-2-6-11-17/h1-3,5,14-17H,4,6-13H2,(H,22,24)(H,23,25)/b20-14-,21-15+/t16-,17+/m1/s1. The highest BCUT2D eigenvalue weighted by molar-refractivity contribution is 5.79. The summed E-state index contributed by atoms with van der Waals surface area (Å²) in [6, 6.07) is 0. The van der Waals surface area contributed by atoms with Crippen LogP contribution in [0.1, 0.15) is 57.8 Å². The van der Waals surface area contributed by atoms with E-state index in [1.807, 2.05) is 12.4 Å². The van der Waals surface area contributed by atoms with Crippen molar-refractivity contribution in [2.24, 2.45) is 22.0 Å². The molecule has 2 amide bonds. The molecule has 0 heterocycles. The lowest BCUT2D eigenvalue weighted by Crippen LogP contribution is -2.21. The zero-order valence-corrected chi connectivity index (χ0v) is 14.7. The molecule has 2 rings (SSSR count). The van der Waals surface area contributed by atoms with Crippen molar-refractivity contribution >= 4 is 24.2 Å². The van der Waals surface area contributed by atoms with Gasteiger partial charge in [0.15, 0.2) is 0 Å². The molecule has 0 aromatic carbocycles. The topological polar surface area (TPSA) is 82.9 Å². The fourth-order valence-electron chi connectivity index (χ4n) is 2.86. The monoisotopic (exact) mass is 344 g/mol. The van der Waals surface area contributed by atoms with Gasteiger partial charge in [0.1, 0.15) is 0 Å². The first-order valence-corrected chi connectivity index (χ1v) is 9.18. The summed E-state index contributed by atoms with van der Waals surface area (Å²) >= 11 is 0. The summed E-state index contributed by atoms with van der Waals surface area (Å²) in [5.41, 5.74) is 5.06. The first-order chi connectivity index (χ1) is 12.2. The largest absolute Gasteiger partial charge is 0.273 e. The lowest BCUT2D eigenvalue weighted by atomic mass is 9.96. The molecule has 2 aliphatic carbocycles. The number of allylic oxidation sites excluding steroid dienone is 4. The number of hydrogen-bond donors (Lipinski definition) is 2. The third-order valence-corrected chi connectivity index (χ3v) is 4.38. The smallest absolute Gasteiger partial charge is 0.240 e. The molecule has 0 saturated carbocycles. The van der Waals surface area contributed by atoms with Crippen LogP contribution in [0.5, 0.6) is 0 Å². The quantitative estimate of drug-likeness (QED) is 0.403. The second kappa shape index (κ2) is 11.3. The maximum absolute atomic E-state index is 11.7. The average Bonchev–Trinajstić information content (AvgIpc) is 2.63. The van der Waals surface area contributed by atoms with Crippen molar-refractivity contribution in [2.75, 3.05) is 0 Å². The van der Waals surface area contributed by atoms with Crippen LogP contribution in [-0.4, -0.2) is 24.2 Å². The van der Waals surface area contributed by atoms with E-state index in [0.29, 0.717) is 18.3 Å². The third-order valence-electron chi connectivity index (χ3n) is 4.38. The van der Waals surface area contributed by atoms with Crippen LogP contribution in [0.2, 0.25) is 0 Å². The van der Waals surface area contributed by atoms with Crippen LogP contribution in [0.3, 0.4) is 0 Å². The van der Waals surface area contributed by atoms with Gasteiger partial charge in [-0.25, -0.2) is 10.9 Å². The number of carbonyl (C=O) groups is 2. The number of nitrogens with zero attached hydrogens (tertiary/aromatic N) is 2. The van der Waals surface area contributed by atoms with Gasteiger partial charge in [-0.05, 0) is 56.8 Å². The van der Waals surface area contributed by atoms with Gasteiger partial charge in [-0.2, -0.15) is 10.2 Å². The number of nitrogens with one attached hydrogen (secondary N) is 2. The Kier molecular flexibility index (Phi) is 8.66. The van der Waals surface area contributed by atoms with Crippen molar-refractivity contribution in [2.45, 2.75) is 57.8 Å². The fourth-order valence-corrected chi connectivity index (χ4v) is 2.86. The molecular formula is C19H28N4O2. The summed E-state index contributed by atoms with van der Waals surface area (Å²) in [6.45, 7) is 0. The molecule has 0 aliphatic heterocycles. The molecule has 2 N–H and O–H groups in total. The predicted molar refractivity (Wildman–Crippen MR) is 100 cm³/mol. The van der Waals surface area contributed by atoms with E-state index in [4.69, 9.17) is 0 Å². The van der Waals surface area contributed by atoms with E-state index in [-0.39, 0.29) is 24.7 Å². The van der Waals surface area contributed by atoms with Gasteiger partial charge in [-0.1, -0.05) is 24.3 Å². The van der Waals surface area contributed by atoms with Crippen LogP contribution >= 0.6 is 0 Å². The molecule has 25 heavy (non-hydrogen) atoms. The highest BCUT2D eigenvalue weighted by Crippen LogP contribution is 2.16. The van der Waals surface area contributed by atoms with Crippen molar-refractivity contribution in [3.05, 3.63) is 24.3 Å². The highest BCUT2D eigenvalue weighted by atomic mass is 16.2. The Balaban J connectivity index is 1.52. The molecule has 0 bridgehead atoms. The summed E-state index contributed by atoms with van der Waals surface area (Å²) in [5, 5.41) is 8.01. The zero-order valence-electron chi connectivity index (χ0n) is 14.7. The van der Waals surface area contributed by atoms with Crippen LogP contribution in [0.15, 0.2) is 34.5 Å². The predicted octanol–water partition coefficient (Wildman–Crippen LogP) is 3.07. The van der Waals surface area contributed by atoms with Gasteiger partial charge in [-0.3, -0.25) is 9.59 Å². The van der Waals surface area contributed by atoms with Crippen LogP contribution in [-0.2, 0) is 9.59 Å². The molecule has 2 aliphatic rings.